The van der Waals surface area contributed by atoms with E-state index in [1.807, 2.05) is 12.1 Å². The molecule has 228 valence electrons. The molecule has 0 saturated heterocycles. The summed E-state index contributed by atoms with van der Waals surface area (Å²) in [5.74, 6) is 0.733. The highest BCUT2D eigenvalue weighted by Crippen LogP contribution is 2.40. The Balaban J connectivity index is 1.19. The van der Waals surface area contributed by atoms with Gasteiger partial charge in [0.05, 0.1) is 11.8 Å². The lowest BCUT2D eigenvalue weighted by Gasteiger charge is -2.22. The molecule has 10 rings (SSSR count). The molecule has 0 bridgehead atoms. The number of hydrogen-bond acceptors (Lipinski definition) is 4. The summed E-state index contributed by atoms with van der Waals surface area (Å²) in [5, 5.41) is 6.55. The number of para-hydroxylation sites is 1. The lowest BCUT2D eigenvalue weighted by atomic mass is 9.93. The number of allylic oxidation sites excluding steroid dienone is 4. The molecule has 4 nitrogen and oxygen atoms in total. The van der Waals surface area contributed by atoms with Crippen LogP contribution in [0.1, 0.15) is 47.6 Å². The summed E-state index contributed by atoms with van der Waals surface area (Å²) in [5.41, 5.74) is 10.2. The smallest absolute Gasteiger partial charge is 0.156 e. The second-order valence-electron chi connectivity index (χ2n) is 12.7. The van der Waals surface area contributed by atoms with E-state index in [4.69, 9.17) is 18.8 Å². The molecule has 0 spiro atoms. The van der Waals surface area contributed by atoms with Crippen LogP contribution in [0.5, 0.6) is 0 Å². The molecule has 2 aliphatic rings. The van der Waals surface area contributed by atoms with Crippen LogP contribution in [0, 0.1) is 0 Å². The average Bonchev–Trinajstić information content (AvgIpc) is 3.73. The first-order chi connectivity index (χ1) is 23.8. The maximum atomic E-state index is 6.57. The van der Waals surface area contributed by atoms with Gasteiger partial charge in [0.25, 0.3) is 0 Å². The first kappa shape index (κ1) is 27.1. The Bertz CT molecular complexity index is 2700. The van der Waals surface area contributed by atoms with Crippen LogP contribution in [0.15, 0.2) is 158 Å². The molecule has 4 heteroatoms. The fourth-order valence-electron chi connectivity index (χ4n) is 7.45. The highest BCUT2D eigenvalue weighted by atomic mass is 16.3. The SMILES string of the molecule is C1=CC(c2ccc3oc4c5ccccc5c(C5=NC(c6ccccc6)CC(c6ccc7c(c6)oc6ccccc67)=N5)cc4c3c2)=CCC1. The maximum absolute atomic E-state index is 6.57. The van der Waals surface area contributed by atoms with Crippen molar-refractivity contribution in [1.29, 1.82) is 0 Å². The lowest BCUT2D eigenvalue weighted by Crippen LogP contribution is -2.17. The number of aliphatic imine (C=N–C) groups is 2. The number of furan rings is 2. The van der Waals surface area contributed by atoms with Crippen LogP contribution in [0.4, 0.5) is 0 Å². The standard InChI is InChI=1S/C44H30N2O2/c1-3-11-27(12-4-1)29-20-22-41-35(23-29)36-25-37(31-15-7-8-17-34(31)43(36)48-41)44-45-38(28-13-5-2-6-14-28)26-39(46-44)30-19-21-33-32-16-9-10-18-40(32)47-42(33)24-30/h2-3,5-25,38H,1,4,26H2. The van der Waals surface area contributed by atoms with E-state index in [0.29, 0.717) is 6.42 Å². The van der Waals surface area contributed by atoms with Gasteiger partial charge in [-0.1, -0.05) is 103 Å². The molecule has 1 aliphatic heterocycles. The molecule has 0 N–H and O–H groups in total. The second-order valence-corrected chi connectivity index (χ2v) is 12.7. The predicted octanol–water partition coefficient (Wildman–Crippen LogP) is 11.8. The molecule has 1 aliphatic carbocycles. The summed E-state index contributed by atoms with van der Waals surface area (Å²) >= 11 is 0. The van der Waals surface area contributed by atoms with Gasteiger partial charge in [-0.25, -0.2) is 4.99 Å². The minimum atomic E-state index is -0.0766. The van der Waals surface area contributed by atoms with Gasteiger partial charge in [0, 0.05) is 38.9 Å². The van der Waals surface area contributed by atoms with Crippen LogP contribution >= 0.6 is 0 Å². The molecule has 6 aromatic carbocycles. The maximum Gasteiger partial charge on any atom is 0.156 e. The van der Waals surface area contributed by atoms with E-state index >= 15 is 0 Å². The van der Waals surface area contributed by atoms with Crippen molar-refractivity contribution in [3.05, 3.63) is 162 Å². The van der Waals surface area contributed by atoms with E-state index in [0.717, 1.165) is 90.2 Å². The lowest BCUT2D eigenvalue weighted by molar-refractivity contribution is 0.668. The summed E-state index contributed by atoms with van der Waals surface area (Å²) in [7, 11) is 0. The Kier molecular flexibility index (Phi) is 6.10. The predicted molar refractivity (Wildman–Crippen MR) is 198 cm³/mol. The fourth-order valence-corrected chi connectivity index (χ4v) is 7.45. The van der Waals surface area contributed by atoms with E-state index in [9.17, 15) is 0 Å². The van der Waals surface area contributed by atoms with E-state index in [-0.39, 0.29) is 6.04 Å². The summed E-state index contributed by atoms with van der Waals surface area (Å²) in [6.45, 7) is 0. The van der Waals surface area contributed by atoms with E-state index in [1.165, 1.54) is 16.7 Å². The molecule has 1 unspecified atom stereocenters. The summed E-state index contributed by atoms with van der Waals surface area (Å²) in [6.07, 6.45) is 9.66. The zero-order valence-corrected chi connectivity index (χ0v) is 26.2. The molecule has 8 aromatic rings. The van der Waals surface area contributed by atoms with Crippen molar-refractivity contribution in [3.63, 3.8) is 0 Å². The van der Waals surface area contributed by atoms with Crippen LogP contribution in [0.25, 0.3) is 60.2 Å². The third-order valence-electron chi connectivity index (χ3n) is 9.85. The molecular formula is C44H30N2O2. The molecule has 0 radical (unpaired) electrons. The van der Waals surface area contributed by atoms with Crippen molar-refractivity contribution in [3.8, 4) is 0 Å². The number of fused-ring (bicyclic) bond motifs is 8. The molecular weight excluding hydrogens is 588 g/mol. The first-order valence-electron chi connectivity index (χ1n) is 16.6. The number of amidine groups is 1. The largest absolute Gasteiger partial charge is 0.456 e. The third-order valence-corrected chi connectivity index (χ3v) is 9.85. The summed E-state index contributed by atoms with van der Waals surface area (Å²) in [4.78, 5) is 10.7. The highest BCUT2D eigenvalue weighted by Gasteiger charge is 2.25. The quantitative estimate of drug-likeness (QED) is 0.197. The van der Waals surface area contributed by atoms with Gasteiger partial charge in [-0.3, -0.25) is 4.99 Å². The van der Waals surface area contributed by atoms with Gasteiger partial charge in [-0.15, -0.1) is 0 Å². The number of benzene rings is 6. The molecule has 0 fully saturated rings. The summed E-state index contributed by atoms with van der Waals surface area (Å²) in [6, 6.07) is 42.4. The monoisotopic (exact) mass is 618 g/mol. The molecule has 0 amide bonds. The third kappa shape index (κ3) is 4.37. The zero-order chi connectivity index (χ0) is 31.6. The average molecular weight is 619 g/mol. The molecule has 2 aromatic heterocycles. The van der Waals surface area contributed by atoms with Gasteiger partial charge in [0.15, 0.2) is 5.84 Å². The second kappa shape index (κ2) is 10.8. The van der Waals surface area contributed by atoms with E-state index < -0.39 is 0 Å². The summed E-state index contributed by atoms with van der Waals surface area (Å²) < 4.78 is 12.9. The highest BCUT2D eigenvalue weighted by molar-refractivity contribution is 6.25. The van der Waals surface area contributed by atoms with Crippen molar-refractivity contribution in [2.75, 3.05) is 0 Å². The van der Waals surface area contributed by atoms with Crippen molar-refractivity contribution in [1.82, 2.24) is 0 Å². The van der Waals surface area contributed by atoms with Gasteiger partial charge < -0.3 is 8.83 Å². The molecule has 3 heterocycles. The molecule has 1 atom stereocenters. The Morgan fingerprint density at radius 2 is 1.33 bits per heavy atom. The van der Waals surface area contributed by atoms with Gasteiger partial charge >= 0.3 is 0 Å². The topological polar surface area (TPSA) is 51.0 Å². The Morgan fingerprint density at radius 3 is 2.21 bits per heavy atom. The normalized spacial score (nSPS) is 16.6. The van der Waals surface area contributed by atoms with Crippen LogP contribution in [-0.2, 0) is 0 Å². The van der Waals surface area contributed by atoms with Crippen LogP contribution < -0.4 is 0 Å². The zero-order valence-electron chi connectivity index (χ0n) is 26.2. The van der Waals surface area contributed by atoms with Crippen molar-refractivity contribution in [2.24, 2.45) is 9.98 Å². The van der Waals surface area contributed by atoms with Crippen molar-refractivity contribution >= 4 is 71.8 Å². The number of hydrogen-bond donors (Lipinski definition) is 0. The van der Waals surface area contributed by atoms with Gasteiger partial charge in [0.2, 0.25) is 0 Å². The van der Waals surface area contributed by atoms with Gasteiger partial charge in [-0.2, -0.15) is 0 Å². The van der Waals surface area contributed by atoms with Crippen molar-refractivity contribution < 1.29 is 8.83 Å². The fraction of sp³-hybridized carbons (Fsp3) is 0.0909. The minimum Gasteiger partial charge on any atom is -0.456 e. The Hall–Kier alpha value is -6.00. The first-order valence-corrected chi connectivity index (χ1v) is 16.6. The van der Waals surface area contributed by atoms with Gasteiger partial charge in [0.1, 0.15) is 22.3 Å². The number of nitrogens with zero attached hydrogens (tertiary/aromatic N) is 2. The minimum absolute atomic E-state index is 0.0766. The van der Waals surface area contributed by atoms with Crippen molar-refractivity contribution in [2.45, 2.75) is 25.3 Å². The van der Waals surface area contributed by atoms with Crippen LogP contribution in [0.2, 0.25) is 0 Å². The Labute approximate surface area is 277 Å². The van der Waals surface area contributed by atoms with Crippen LogP contribution in [0.3, 0.4) is 0 Å². The molecule has 48 heavy (non-hydrogen) atoms. The van der Waals surface area contributed by atoms with Crippen LogP contribution in [-0.4, -0.2) is 11.5 Å². The molecule has 0 saturated carbocycles. The van der Waals surface area contributed by atoms with E-state index in [2.05, 4.69) is 127 Å². The van der Waals surface area contributed by atoms with Gasteiger partial charge in [-0.05, 0) is 76.9 Å². The number of rotatable bonds is 4. The van der Waals surface area contributed by atoms with E-state index in [1.54, 1.807) is 0 Å². The Morgan fingerprint density at radius 1 is 0.562 bits per heavy atom.